The lowest BCUT2D eigenvalue weighted by Crippen LogP contribution is -2.36. The van der Waals surface area contributed by atoms with E-state index in [-0.39, 0.29) is 24.2 Å². The Balaban J connectivity index is 2.71. The molecule has 0 bridgehead atoms. The number of nitro benzene ring substituents is 1. The molecular weight excluding hydrogens is 344 g/mol. The number of nitro groups is 1. The molecule has 2 rings (SSSR count). The van der Waals surface area contributed by atoms with Crippen molar-refractivity contribution in [3.8, 4) is 5.69 Å². The molecule has 0 N–H and O–H groups in total. The lowest BCUT2D eigenvalue weighted by Gasteiger charge is -2.05. The second kappa shape index (κ2) is 7.72. The van der Waals surface area contributed by atoms with Crippen molar-refractivity contribution in [2.24, 2.45) is 0 Å². The molecule has 1 aromatic heterocycles. The van der Waals surface area contributed by atoms with Crippen molar-refractivity contribution in [2.75, 3.05) is 0 Å². The molecule has 138 valence electrons. The van der Waals surface area contributed by atoms with Crippen molar-refractivity contribution in [1.29, 1.82) is 0 Å². The minimum absolute atomic E-state index is 0.0109. The Morgan fingerprint density at radius 2 is 1.35 bits per heavy atom. The second-order valence-corrected chi connectivity index (χ2v) is 5.59. The van der Waals surface area contributed by atoms with Crippen LogP contribution in [0.15, 0.2) is 33.9 Å². The lowest BCUT2D eigenvalue weighted by molar-refractivity contribution is -0.384. The van der Waals surface area contributed by atoms with E-state index in [9.17, 15) is 29.3 Å². The fourth-order valence-corrected chi connectivity index (χ4v) is 2.46. The highest BCUT2D eigenvalue weighted by atomic mass is 16.6. The summed E-state index contributed by atoms with van der Waals surface area (Å²) in [6.07, 6.45) is 0.848. The molecule has 0 aliphatic heterocycles. The van der Waals surface area contributed by atoms with Crippen molar-refractivity contribution >= 4 is 17.5 Å². The molecule has 0 saturated heterocycles. The summed E-state index contributed by atoms with van der Waals surface area (Å²) in [7, 11) is 0. The maximum absolute atomic E-state index is 12.7. The molecule has 0 saturated carbocycles. The van der Waals surface area contributed by atoms with Crippen LogP contribution < -0.4 is 11.4 Å². The Morgan fingerprint density at radius 3 is 1.69 bits per heavy atom. The molecule has 2 aromatic rings. The Kier molecular flexibility index (Phi) is 5.65. The minimum Gasteiger partial charge on any atom is -0.272 e. The van der Waals surface area contributed by atoms with Gasteiger partial charge in [-0.05, 0) is 25.0 Å². The van der Waals surface area contributed by atoms with E-state index in [1.807, 2.05) is 0 Å². The highest BCUT2D eigenvalue weighted by molar-refractivity contribution is 5.84. The third kappa shape index (κ3) is 3.39. The topological polar surface area (TPSA) is 126 Å². The molecule has 0 unspecified atom stereocenters. The van der Waals surface area contributed by atoms with Crippen LogP contribution in [0.3, 0.4) is 0 Å². The maximum Gasteiger partial charge on any atom is 0.359 e. The van der Waals surface area contributed by atoms with Crippen LogP contribution in [0.1, 0.15) is 49.1 Å². The molecule has 0 amide bonds. The fraction of sp³-hybridized carbons (Fsp3) is 0.375. The van der Waals surface area contributed by atoms with E-state index in [1.165, 1.54) is 12.1 Å². The third-order valence-electron chi connectivity index (χ3n) is 3.66. The predicted octanol–water partition coefficient (Wildman–Crippen LogP) is 1.59. The summed E-state index contributed by atoms with van der Waals surface area (Å²) in [5.41, 5.74) is -2.14. The number of rotatable bonds is 6. The van der Waals surface area contributed by atoms with Crippen LogP contribution in [0.25, 0.3) is 5.69 Å². The van der Waals surface area contributed by atoms with E-state index in [0.717, 1.165) is 12.1 Å². The number of carbonyl (C=O) groups excluding carboxylic acids is 2. The van der Waals surface area contributed by atoms with E-state index in [1.54, 1.807) is 13.8 Å². The summed E-state index contributed by atoms with van der Waals surface area (Å²) >= 11 is 0. The standard InChI is InChI=1S/C16H18N4O6/c1-3-5-13(21)18-15(23)17(16(24)19(18)14(22)6-4-2)11-7-9-12(10-8-11)20(25)26/h7-10H,3-6H2,1-2H3. The van der Waals surface area contributed by atoms with E-state index >= 15 is 0 Å². The molecule has 0 fully saturated rings. The summed E-state index contributed by atoms with van der Waals surface area (Å²) in [5, 5.41) is 10.7. The van der Waals surface area contributed by atoms with Crippen molar-refractivity contribution in [2.45, 2.75) is 39.5 Å². The summed E-state index contributed by atoms with van der Waals surface area (Å²) in [4.78, 5) is 60.0. The van der Waals surface area contributed by atoms with Gasteiger partial charge in [-0.2, -0.15) is 9.36 Å². The summed E-state index contributed by atoms with van der Waals surface area (Å²) in [6, 6.07) is 4.68. The van der Waals surface area contributed by atoms with Gasteiger partial charge in [0.25, 0.3) is 5.69 Å². The third-order valence-corrected chi connectivity index (χ3v) is 3.66. The largest absolute Gasteiger partial charge is 0.359 e. The zero-order valence-electron chi connectivity index (χ0n) is 14.4. The van der Waals surface area contributed by atoms with Gasteiger partial charge >= 0.3 is 11.4 Å². The molecule has 0 spiro atoms. The van der Waals surface area contributed by atoms with Gasteiger partial charge in [-0.25, -0.2) is 14.2 Å². The van der Waals surface area contributed by atoms with E-state index in [2.05, 4.69) is 0 Å². The zero-order chi connectivity index (χ0) is 19.4. The molecule has 0 radical (unpaired) electrons. The molecule has 10 heteroatoms. The molecule has 26 heavy (non-hydrogen) atoms. The van der Waals surface area contributed by atoms with Crippen LogP contribution in [-0.4, -0.2) is 30.7 Å². The van der Waals surface area contributed by atoms with E-state index in [4.69, 9.17) is 0 Å². The number of non-ortho nitro benzene ring substituents is 1. The van der Waals surface area contributed by atoms with Crippen LogP contribution in [0.5, 0.6) is 0 Å². The number of hydrogen-bond donors (Lipinski definition) is 0. The lowest BCUT2D eigenvalue weighted by atomic mass is 10.3. The molecule has 0 atom stereocenters. The molecule has 1 aromatic carbocycles. The highest BCUT2D eigenvalue weighted by Crippen LogP contribution is 2.13. The summed E-state index contributed by atoms with van der Waals surface area (Å²) < 4.78 is 1.75. The van der Waals surface area contributed by atoms with Gasteiger partial charge in [-0.1, -0.05) is 13.8 Å². The molecule has 10 nitrogen and oxygen atoms in total. The minimum atomic E-state index is -0.980. The van der Waals surface area contributed by atoms with E-state index < -0.39 is 28.1 Å². The van der Waals surface area contributed by atoms with Crippen molar-refractivity contribution < 1.29 is 14.5 Å². The zero-order valence-corrected chi connectivity index (χ0v) is 14.4. The summed E-state index contributed by atoms with van der Waals surface area (Å²) in [6.45, 7) is 3.46. The normalized spacial score (nSPS) is 10.7. The van der Waals surface area contributed by atoms with Gasteiger partial charge in [0.05, 0.1) is 10.6 Å². The Labute approximate surface area is 147 Å². The van der Waals surface area contributed by atoms with E-state index in [0.29, 0.717) is 26.8 Å². The van der Waals surface area contributed by atoms with Crippen molar-refractivity contribution in [3.63, 3.8) is 0 Å². The van der Waals surface area contributed by atoms with Gasteiger partial charge in [-0.3, -0.25) is 19.7 Å². The number of hydrogen-bond acceptors (Lipinski definition) is 6. The monoisotopic (exact) mass is 362 g/mol. The van der Waals surface area contributed by atoms with Gasteiger partial charge in [0.2, 0.25) is 11.8 Å². The first-order valence-corrected chi connectivity index (χ1v) is 8.11. The number of nitrogens with zero attached hydrogens (tertiary/aromatic N) is 4. The number of carbonyl (C=O) groups is 2. The number of aromatic nitrogens is 3. The van der Waals surface area contributed by atoms with Gasteiger partial charge < -0.3 is 0 Å². The van der Waals surface area contributed by atoms with Gasteiger partial charge in [-0.15, -0.1) is 0 Å². The van der Waals surface area contributed by atoms with Crippen molar-refractivity contribution in [1.82, 2.24) is 13.9 Å². The smallest absolute Gasteiger partial charge is 0.272 e. The molecule has 1 heterocycles. The first-order valence-electron chi connectivity index (χ1n) is 8.11. The van der Waals surface area contributed by atoms with Crippen LogP contribution >= 0.6 is 0 Å². The van der Waals surface area contributed by atoms with Crippen LogP contribution in [0.4, 0.5) is 5.69 Å². The molecule has 0 aliphatic rings. The second-order valence-electron chi connectivity index (χ2n) is 5.59. The summed E-state index contributed by atoms with van der Waals surface area (Å²) in [5.74, 6) is -1.33. The average Bonchev–Trinajstić information content (AvgIpc) is 2.86. The first kappa shape index (κ1) is 19.0. The molecular formula is C16H18N4O6. The fourth-order valence-electron chi connectivity index (χ4n) is 2.46. The maximum atomic E-state index is 12.7. The first-order chi connectivity index (χ1) is 12.3. The van der Waals surface area contributed by atoms with Crippen LogP contribution in [0, 0.1) is 10.1 Å². The van der Waals surface area contributed by atoms with Crippen molar-refractivity contribution in [3.05, 3.63) is 55.3 Å². The van der Waals surface area contributed by atoms with Crippen LogP contribution in [-0.2, 0) is 0 Å². The van der Waals surface area contributed by atoms with Crippen LogP contribution in [0.2, 0.25) is 0 Å². The quantitative estimate of drug-likeness (QED) is 0.567. The van der Waals surface area contributed by atoms with Gasteiger partial charge in [0, 0.05) is 25.0 Å². The Bertz CT molecular complexity index is 915. The predicted molar refractivity (Wildman–Crippen MR) is 92.0 cm³/mol. The average molecular weight is 362 g/mol. The highest BCUT2D eigenvalue weighted by Gasteiger charge is 2.25. The SMILES string of the molecule is CCCC(=O)n1c(=O)n(-c2ccc([N+](=O)[O-])cc2)c(=O)n1C(=O)CCC. The Hall–Kier alpha value is -3.30. The molecule has 0 aliphatic carbocycles. The number of benzene rings is 1. The van der Waals surface area contributed by atoms with Gasteiger partial charge in [0.1, 0.15) is 0 Å². The van der Waals surface area contributed by atoms with Gasteiger partial charge in [0.15, 0.2) is 0 Å². The Morgan fingerprint density at radius 1 is 0.923 bits per heavy atom.